The van der Waals surface area contributed by atoms with Crippen LogP contribution in [0, 0.1) is 5.41 Å². The number of anilines is 1. The predicted molar refractivity (Wildman–Crippen MR) is 155 cm³/mol. The number of allylic oxidation sites excluding steroid dienone is 5. The maximum absolute atomic E-state index is 9.24. The van der Waals surface area contributed by atoms with E-state index in [-0.39, 0.29) is 17.9 Å². The highest BCUT2D eigenvalue weighted by molar-refractivity contribution is 5.85. The van der Waals surface area contributed by atoms with Crippen LogP contribution in [-0.4, -0.2) is 24.8 Å². The molecule has 4 nitrogen and oxygen atoms in total. The molecule has 4 heteroatoms. The number of benzene rings is 2. The largest absolute Gasteiger partial charge is 0.461 e. The van der Waals surface area contributed by atoms with Crippen LogP contribution in [0.15, 0.2) is 84.8 Å². The zero-order valence-corrected chi connectivity index (χ0v) is 22.9. The van der Waals surface area contributed by atoms with Crippen molar-refractivity contribution in [2.45, 2.75) is 53.5 Å². The van der Waals surface area contributed by atoms with Crippen molar-refractivity contribution in [3.8, 4) is 5.75 Å². The van der Waals surface area contributed by atoms with Gasteiger partial charge in [0, 0.05) is 66.9 Å². The number of aromatic nitrogens is 1. The topological polar surface area (TPSA) is 36.6 Å². The molecular weight excluding hydrogens is 456 g/mol. The summed E-state index contributed by atoms with van der Waals surface area (Å²) in [5.41, 5.74) is 4.70. The molecule has 3 aromatic rings. The quantitative estimate of drug-likeness (QED) is 0.255. The van der Waals surface area contributed by atoms with Gasteiger partial charge in [-0.2, -0.15) is 4.57 Å². The Kier molecular flexibility index (Phi) is 8.50. The van der Waals surface area contributed by atoms with E-state index in [2.05, 4.69) is 129 Å². The lowest BCUT2D eigenvalue weighted by Gasteiger charge is -2.31. The summed E-state index contributed by atoms with van der Waals surface area (Å²) >= 11 is 0. The number of nitrogens with zero attached hydrogens (tertiary/aromatic N) is 2. The SMILES string of the molecule is CCN(CC)c1ccc2c(c1)OC(C(C)(C)C)=CC2/C=C/C=C/c1cc[n+](CCCO)c2ccccc12. The van der Waals surface area contributed by atoms with Crippen LogP contribution in [0.5, 0.6) is 5.75 Å². The van der Waals surface area contributed by atoms with Crippen LogP contribution in [0.4, 0.5) is 5.69 Å². The number of fused-ring (bicyclic) bond motifs is 2. The number of aliphatic hydroxyl groups excluding tert-OH is 1. The standard InChI is InChI=1S/C33H41N2O2/c1-6-34(7-2)27-17-18-29-26(23-32(33(3,4)5)37-31(29)24-27)14-9-8-13-25-19-21-35(20-12-22-36)30-16-11-10-15-28(25)30/h8-11,13-19,21,23-24,26,36H,6-7,12,20,22H2,1-5H3/q+1/b13-8+,14-9+. The minimum Gasteiger partial charge on any atom is -0.461 e. The molecule has 0 saturated carbocycles. The monoisotopic (exact) mass is 497 g/mol. The van der Waals surface area contributed by atoms with Gasteiger partial charge < -0.3 is 14.7 Å². The average Bonchev–Trinajstić information content (AvgIpc) is 2.90. The van der Waals surface area contributed by atoms with Gasteiger partial charge >= 0.3 is 0 Å². The third kappa shape index (κ3) is 6.14. The summed E-state index contributed by atoms with van der Waals surface area (Å²) in [7, 11) is 0. The van der Waals surface area contributed by atoms with Crippen molar-refractivity contribution in [3.05, 3.63) is 95.9 Å². The highest BCUT2D eigenvalue weighted by atomic mass is 16.5. The van der Waals surface area contributed by atoms with E-state index in [1.807, 2.05) is 0 Å². The van der Waals surface area contributed by atoms with Gasteiger partial charge in [0.05, 0.1) is 5.39 Å². The number of hydrogen-bond acceptors (Lipinski definition) is 3. The van der Waals surface area contributed by atoms with Crippen LogP contribution < -0.4 is 14.2 Å². The summed E-state index contributed by atoms with van der Waals surface area (Å²) in [6.45, 7) is 13.9. The van der Waals surface area contributed by atoms with E-state index in [4.69, 9.17) is 4.74 Å². The first-order valence-electron chi connectivity index (χ1n) is 13.5. The van der Waals surface area contributed by atoms with Crippen LogP contribution in [-0.2, 0) is 6.54 Å². The molecule has 1 N–H and O–H groups in total. The molecule has 0 bridgehead atoms. The Labute approximate surface area is 222 Å². The van der Waals surface area contributed by atoms with Crippen molar-refractivity contribution in [3.63, 3.8) is 0 Å². The van der Waals surface area contributed by atoms with Crippen molar-refractivity contribution < 1.29 is 14.4 Å². The van der Waals surface area contributed by atoms with Gasteiger partial charge in [-0.05, 0) is 37.6 Å². The number of aliphatic hydroxyl groups is 1. The van der Waals surface area contributed by atoms with Gasteiger partial charge in [0.1, 0.15) is 11.5 Å². The Balaban J connectivity index is 1.62. The lowest BCUT2D eigenvalue weighted by Crippen LogP contribution is -2.34. The van der Waals surface area contributed by atoms with Gasteiger partial charge in [-0.25, -0.2) is 0 Å². The summed E-state index contributed by atoms with van der Waals surface area (Å²) in [5.74, 6) is 2.12. The maximum atomic E-state index is 9.24. The minimum atomic E-state index is -0.0703. The summed E-state index contributed by atoms with van der Waals surface area (Å²) in [6, 6.07) is 17.2. The van der Waals surface area contributed by atoms with E-state index >= 15 is 0 Å². The number of rotatable bonds is 9. The second-order valence-corrected chi connectivity index (χ2v) is 10.6. The molecule has 1 aliphatic rings. The first-order valence-corrected chi connectivity index (χ1v) is 13.5. The molecule has 37 heavy (non-hydrogen) atoms. The maximum Gasteiger partial charge on any atom is 0.213 e. The van der Waals surface area contributed by atoms with E-state index in [1.165, 1.54) is 27.7 Å². The highest BCUT2D eigenvalue weighted by Gasteiger charge is 2.28. The lowest BCUT2D eigenvalue weighted by atomic mass is 9.86. The molecule has 2 aromatic carbocycles. The Hall–Kier alpha value is -3.37. The molecule has 4 rings (SSSR count). The molecule has 0 spiro atoms. The van der Waals surface area contributed by atoms with Crippen LogP contribution in [0.3, 0.4) is 0 Å². The van der Waals surface area contributed by atoms with Gasteiger partial charge in [0.15, 0.2) is 12.7 Å². The molecular formula is C33H41N2O2+. The molecule has 1 atom stereocenters. The first kappa shape index (κ1) is 26.7. The molecule has 1 aliphatic heterocycles. The molecule has 0 amide bonds. The third-order valence-corrected chi connectivity index (χ3v) is 7.00. The summed E-state index contributed by atoms with van der Waals surface area (Å²) in [4.78, 5) is 2.35. The van der Waals surface area contributed by atoms with Crippen LogP contribution in [0.25, 0.3) is 17.0 Å². The Morgan fingerprint density at radius 1 is 1.03 bits per heavy atom. The zero-order valence-electron chi connectivity index (χ0n) is 22.9. The van der Waals surface area contributed by atoms with E-state index in [0.717, 1.165) is 37.6 Å². The van der Waals surface area contributed by atoms with Gasteiger partial charge in [-0.1, -0.05) is 63.3 Å². The van der Waals surface area contributed by atoms with Crippen molar-refractivity contribution in [1.82, 2.24) is 0 Å². The first-order chi connectivity index (χ1) is 17.9. The molecule has 0 saturated heterocycles. The van der Waals surface area contributed by atoms with Crippen molar-refractivity contribution in [1.29, 1.82) is 0 Å². The minimum absolute atomic E-state index is 0.0703. The second-order valence-electron chi connectivity index (χ2n) is 10.6. The normalized spacial score (nSPS) is 15.7. The zero-order chi connectivity index (χ0) is 26.4. The molecule has 0 aliphatic carbocycles. The van der Waals surface area contributed by atoms with Crippen LogP contribution >= 0.6 is 0 Å². The smallest absolute Gasteiger partial charge is 0.213 e. The number of para-hydroxylation sites is 1. The summed E-state index contributed by atoms with van der Waals surface area (Å²) < 4.78 is 8.65. The molecule has 2 heterocycles. The fourth-order valence-electron chi connectivity index (χ4n) is 4.87. The highest BCUT2D eigenvalue weighted by Crippen LogP contribution is 2.42. The van der Waals surface area contributed by atoms with E-state index in [1.54, 1.807) is 0 Å². The fourth-order valence-corrected chi connectivity index (χ4v) is 4.87. The third-order valence-electron chi connectivity index (χ3n) is 7.00. The second kappa shape index (κ2) is 11.8. The van der Waals surface area contributed by atoms with Gasteiger partial charge in [-0.15, -0.1) is 0 Å². The van der Waals surface area contributed by atoms with Gasteiger partial charge in [-0.3, -0.25) is 0 Å². The Bertz CT molecular complexity index is 1310. The van der Waals surface area contributed by atoms with Gasteiger partial charge in [0.2, 0.25) is 5.52 Å². The van der Waals surface area contributed by atoms with Crippen LogP contribution in [0.2, 0.25) is 0 Å². The molecule has 1 unspecified atom stereocenters. The number of pyridine rings is 1. The van der Waals surface area contributed by atoms with Crippen molar-refractivity contribution >= 4 is 22.7 Å². The molecule has 0 radical (unpaired) electrons. The number of ether oxygens (including phenoxy) is 1. The molecule has 1 aromatic heterocycles. The summed E-state index contributed by atoms with van der Waals surface area (Å²) in [5, 5.41) is 10.5. The fraction of sp³-hybridized carbons (Fsp3) is 0.364. The Morgan fingerprint density at radius 3 is 2.54 bits per heavy atom. The predicted octanol–water partition coefficient (Wildman–Crippen LogP) is 7.03. The number of aryl methyl sites for hydroxylation is 1. The van der Waals surface area contributed by atoms with Gasteiger partial charge in [0.25, 0.3) is 0 Å². The molecule has 194 valence electrons. The van der Waals surface area contributed by atoms with E-state index in [0.29, 0.717) is 0 Å². The van der Waals surface area contributed by atoms with Crippen molar-refractivity contribution in [2.75, 3.05) is 24.6 Å². The van der Waals surface area contributed by atoms with Crippen LogP contribution in [0.1, 0.15) is 58.1 Å². The average molecular weight is 498 g/mol. The molecule has 0 fully saturated rings. The van der Waals surface area contributed by atoms with Crippen molar-refractivity contribution in [2.24, 2.45) is 5.41 Å². The summed E-state index contributed by atoms with van der Waals surface area (Å²) in [6.07, 6.45) is 13.8. The van der Waals surface area contributed by atoms with E-state index in [9.17, 15) is 5.11 Å². The number of hydrogen-bond donors (Lipinski definition) is 1. The van der Waals surface area contributed by atoms with E-state index < -0.39 is 0 Å². The lowest BCUT2D eigenvalue weighted by molar-refractivity contribution is -0.672. The Morgan fingerprint density at radius 2 is 1.81 bits per heavy atom.